The molecule has 6 heteroatoms. The molecule has 0 saturated carbocycles. The first-order valence-electron chi connectivity index (χ1n) is 9.46. The van der Waals surface area contributed by atoms with E-state index in [0.717, 1.165) is 25.2 Å². The van der Waals surface area contributed by atoms with Crippen LogP contribution in [0.3, 0.4) is 0 Å². The molecule has 0 fully saturated rings. The van der Waals surface area contributed by atoms with Crippen LogP contribution in [0.1, 0.15) is 35.3 Å². The van der Waals surface area contributed by atoms with E-state index in [9.17, 15) is 9.59 Å². The Morgan fingerprint density at radius 1 is 1.04 bits per heavy atom. The third-order valence-electron chi connectivity index (χ3n) is 4.72. The normalized spacial score (nSPS) is 11.0. The Kier molecular flexibility index (Phi) is 6.45. The quantitative estimate of drug-likeness (QED) is 0.629. The number of nitrogens with one attached hydrogen (secondary N) is 2. The fraction of sp³-hybridized carbons (Fsp3) is 0.273. The van der Waals surface area contributed by atoms with Crippen molar-refractivity contribution in [3.05, 3.63) is 81.8 Å². The summed E-state index contributed by atoms with van der Waals surface area (Å²) in [5, 5.41) is 2.80. The number of carbonyl (C=O) groups is 1. The summed E-state index contributed by atoms with van der Waals surface area (Å²) in [5.41, 5.74) is 2.40. The lowest BCUT2D eigenvalue weighted by atomic mass is 10.1. The van der Waals surface area contributed by atoms with E-state index in [4.69, 9.17) is 4.42 Å². The van der Waals surface area contributed by atoms with Crippen molar-refractivity contribution in [1.29, 1.82) is 0 Å². The molecule has 0 spiro atoms. The summed E-state index contributed by atoms with van der Waals surface area (Å²) in [6, 6.07) is 14.8. The summed E-state index contributed by atoms with van der Waals surface area (Å²) in [6.45, 7) is 7.61. The molecule has 0 aliphatic heterocycles. The highest BCUT2D eigenvalue weighted by molar-refractivity contribution is 5.93. The van der Waals surface area contributed by atoms with Gasteiger partial charge < -0.3 is 14.7 Å². The topological polar surface area (TPSA) is 78.3 Å². The number of aromatic nitrogens is 1. The van der Waals surface area contributed by atoms with Crippen LogP contribution in [0.15, 0.2) is 64.0 Å². The molecule has 0 unspecified atom stereocenters. The summed E-state index contributed by atoms with van der Waals surface area (Å²) in [5.74, 6) is 0.147. The molecule has 2 heterocycles. The van der Waals surface area contributed by atoms with E-state index in [1.54, 1.807) is 18.2 Å². The molecule has 0 aliphatic carbocycles. The lowest BCUT2D eigenvalue weighted by Gasteiger charge is -2.18. The Labute approximate surface area is 164 Å². The molecule has 6 nitrogen and oxygen atoms in total. The second-order valence-electron chi connectivity index (χ2n) is 6.55. The summed E-state index contributed by atoms with van der Waals surface area (Å²) in [6.07, 6.45) is 1.53. The fourth-order valence-electron chi connectivity index (χ4n) is 2.97. The number of H-pyrrole nitrogens is 1. The second kappa shape index (κ2) is 9.19. The number of hydrogen-bond acceptors (Lipinski definition) is 4. The molecule has 0 bridgehead atoms. The highest BCUT2D eigenvalue weighted by Crippen LogP contribution is 2.15. The van der Waals surface area contributed by atoms with Crippen LogP contribution in [0, 0.1) is 0 Å². The van der Waals surface area contributed by atoms with Crippen molar-refractivity contribution < 1.29 is 9.21 Å². The van der Waals surface area contributed by atoms with Gasteiger partial charge in [-0.1, -0.05) is 38.1 Å². The highest BCUT2D eigenvalue weighted by atomic mass is 16.3. The van der Waals surface area contributed by atoms with Crippen LogP contribution in [-0.4, -0.2) is 28.9 Å². The van der Waals surface area contributed by atoms with Gasteiger partial charge in [0.25, 0.3) is 11.5 Å². The number of carbonyl (C=O) groups excluding carboxylic acids is 1. The van der Waals surface area contributed by atoms with Gasteiger partial charge in [0, 0.05) is 13.1 Å². The molecule has 28 heavy (non-hydrogen) atoms. The van der Waals surface area contributed by atoms with Crippen molar-refractivity contribution in [2.75, 3.05) is 13.1 Å². The van der Waals surface area contributed by atoms with Crippen LogP contribution < -0.4 is 10.9 Å². The zero-order chi connectivity index (χ0) is 19.9. The number of nitrogens with zero attached hydrogens (tertiary/aromatic N) is 1. The van der Waals surface area contributed by atoms with Crippen LogP contribution in [0.25, 0.3) is 11.5 Å². The van der Waals surface area contributed by atoms with Gasteiger partial charge in [-0.3, -0.25) is 14.5 Å². The molecule has 2 aromatic heterocycles. The van der Waals surface area contributed by atoms with E-state index in [0.29, 0.717) is 18.0 Å². The van der Waals surface area contributed by atoms with E-state index < -0.39 is 11.5 Å². The van der Waals surface area contributed by atoms with Gasteiger partial charge in [0.1, 0.15) is 11.3 Å². The predicted molar refractivity (Wildman–Crippen MR) is 109 cm³/mol. The van der Waals surface area contributed by atoms with Gasteiger partial charge in [0.05, 0.1) is 12.0 Å². The molecular weight excluding hydrogens is 354 g/mol. The molecule has 146 valence electrons. The van der Waals surface area contributed by atoms with Crippen LogP contribution in [-0.2, 0) is 13.1 Å². The molecule has 1 aromatic carbocycles. The Balaban J connectivity index is 1.60. The summed E-state index contributed by atoms with van der Waals surface area (Å²) in [4.78, 5) is 29.6. The van der Waals surface area contributed by atoms with E-state index in [2.05, 4.69) is 41.2 Å². The predicted octanol–water partition coefficient (Wildman–Crippen LogP) is 3.41. The number of rotatable bonds is 8. The fourth-order valence-corrected chi connectivity index (χ4v) is 2.97. The summed E-state index contributed by atoms with van der Waals surface area (Å²) in [7, 11) is 0. The first-order chi connectivity index (χ1) is 13.6. The third-order valence-corrected chi connectivity index (χ3v) is 4.72. The molecule has 0 radical (unpaired) electrons. The van der Waals surface area contributed by atoms with Gasteiger partial charge in [0.15, 0.2) is 0 Å². The molecule has 3 aromatic rings. The van der Waals surface area contributed by atoms with Gasteiger partial charge in [-0.25, -0.2) is 0 Å². The summed E-state index contributed by atoms with van der Waals surface area (Å²) >= 11 is 0. The van der Waals surface area contributed by atoms with E-state index in [-0.39, 0.29) is 5.56 Å². The highest BCUT2D eigenvalue weighted by Gasteiger charge is 2.12. The maximum Gasteiger partial charge on any atom is 0.261 e. The van der Waals surface area contributed by atoms with Crippen LogP contribution in [0.4, 0.5) is 0 Å². The SMILES string of the molecule is CCN(CC)Cc1ccc(CNC(=O)c2ccc(-c3ccco3)[nH]c2=O)cc1. The zero-order valence-electron chi connectivity index (χ0n) is 16.2. The molecule has 0 aliphatic rings. The van der Waals surface area contributed by atoms with Crippen molar-refractivity contribution in [2.45, 2.75) is 26.9 Å². The van der Waals surface area contributed by atoms with E-state index >= 15 is 0 Å². The number of pyridine rings is 1. The van der Waals surface area contributed by atoms with Crippen LogP contribution in [0.5, 0.6) is 0 Å². The van der Waals surface area contributed by atoms with Crippen LogP contribution in [0.2, 0.25) is 0 Å². The maximum absolute atomic E-state index is 12.4. The number of hydrogen-bond donors (Lipinski definition) is 2. The van der Waals surface area contributed by atoms with Gasteiger partial charge in [-0.2, -0.15) is 0 Å². The van der Waals surface area contributed by atoms with Gasteiger partial charge in [0.2, 0.25) is 0 Å². The number of aromatic amines is 1. The standard InChI is InChI=1S/C22H25N3O3/c1-3-25(4-2)15-17-9-7-16(8-10-17)14-23-21(26)18-11-12-19(24-22(18)27)20-6-5-13-28-20/h5-13H,3-4,14-15H2,1-2H3,(H,23,26)(H,24,27). The number of amides is 1. The van der Waals surface area contributed by atoms with Crippen molar-refractivity contribution in [3.63, 3.8) is 0 Å². The average Bonchev–Trinajstić information content (AvgIpc) is 3.26. The monoisotopic (exact) mass is 379 g/mol. The number of benzene rings is 1. The molecular formula is C22H25N3O3. The molecule has 2 N–H and O–H groups in total. The first kappa shape index (κ1) is 19.6. The van der Waals surface area contributed by atoms with Gasteiger partial charge in [-0.05, 0) is 48.5 Å². The smallest absolute Gasteiger partial charge is 0.261 e. The van der Waals surface area contributed by atoms with Crippen molar-refractivity contribution >= 4 is 5.91 Å². The summed E-state index contributed by atoms with van der Waals surface area (Å²) < 4.78 is 5.25. The minimum Gasteiger partial charge on any atom is -0.463 e. The zero-order valence-corrected chi connectivity index (χ0v) is 16.2. The van der Waals surface area contributed by atoms with Crippen molar-refractivity contribution in [1.82, 2.24) is 15.2 Å². The molecule has 3 rings (SSSR count). The van der Waals surface area contributed by atoms with Gasteiger partial charge in [-0.15, -0.1) is 0 Å². The Bertz CT molecular complexity index is 955. The Morgan fingerprint density at radius 2 is 1.75 bits per heavy atom. The van der Waals surface area contributed by atoms with Crippen molar-refractivity contribution in [2.24, 2.45) is 0 Å². The largest absolute Gasteiger partial charge is 0.463 e. The lowest BCUT2D eigenvalue weighted by Crippen LogP contribution is -2.29. The molecule has 0 saturated heterocycles. The second-order valence-corrected chi connectivity index (χ2v) is 6.55. The number of furan rings is 1. The van der Waals surface area contributed by atoms with Crippen LogP contribution >= 0.6 is 0 Å². The minimum absolute atomic E-state index is 0.0773. The lowest BCUT2D eigenvalue weighted by molar-refractivity contribution is 0.0949. The molecule has 0 atom stereocenters. The third kappa shape index (κ3) is 4.78. The van der Waals surface area contributed by atoms with E-state index in [1.165, 1.54) is 17.9 Å². The first-order valence-corrected chi connectivity index (χ1v) is 9.46. The average molecular weight is 379 g/mol. The molecule has 1 amide bonds. The Morgan fingerprint density at radius 3 is 2.36 bits per heavy atom. The Hall–Kier alpha value is -3.12. The maximum atomic E-state index is 12.4. The van der Waals surface area contributed by atoms with E-state index in [1.807, 2.05) is 12.1 Å². The van der Waals surface area contributed by atoms with Gasteiger partial charge >= 0.3 is 0 Å². The van der Waals surface area contributed by atoms with Crippen molar-refractivity contribution in [3.8, 4) is 11.5 Å². The minimum atomic E-state index is -0.444.